The molecule has 29 heavy (non-hydrogen) atoms. The van der Waals surface area contributed by atoms with Crippen LogP contribution in [0.25, 0.3) is 22.5 Å². The summed E-state index contributed by atoms with van der Waals surface area (Å²) < 4.78 is 0. The van der Waals surface area contributed by atoms with E-state index in [4.69, 9.17) is 4.98 Å². The van der Waals surface area contributed by atoms with Crippen LogP contribution >= 0.6 is 0 Å². The lowest BCUT2D eigenvalue weighted by molar-refractivity contribution is -0.120. The fraction of sp³-hybridized carbons (Fsp3) is 0.304. The number of benzene rings is 1. The molecule has 0 N–H and O–H groups in total. The summed E-state index contributed by atoms with van der Waals surface area (Å²) in [5.74, 6) is 1.65. The summed E-state index contributed by atoms with van der Waals surface area (Å²) in [6, 6.07) is 12.4. The molecular weight excluding hydrogens is 362 g/mol. The predicted octanol–water partition coefficient (Wildman–Crippen LogP) is 3.93. The number of nitrogens with zero attached hydrogens (tertiary/aromatic N) is 5. The second kappa shape index (κ2) is 6.95. The molecule has 6 heteroatoms. The average molecular weight is 385 g/mol. The minimum Gasteiger partial charge on any atom is -0.340 e. The van der Waals surface area contributed by atoms with Crippen molar-refractivity contribution >= 4 is 17.4 Å². The number of rotatable bonds is 4. The molecule has 0 bridgehead atoms. The predicted molar refractivity (Wildman–Crippen MR) is 114 cm³/mol. The Balaban J connectivity index is 1.66. The number of carbonyl (C=O) groups is 1. The molecule has 0 radical (unpaired) electrons. The van der Waals surface area contributed by atoms with Crippen LogP contribution in [0.3, 0.4) is 0 Å². The van der Waals surface area contributed by atoms with Gasteiger partial charge < -0.3 is 9.80 Å². The zero-order valence-corrected chi connectivity index (χ0v) is 16.6. The van der Waals surface area contributed by atoms with Gasteiger partial charge in [0, 0.05) is 36.6 Å². The molecule has 2 aromatic heterocycles. The Morgan fingerprint density at radius 1 is 1.07 bits per heavy atom. The van der Waals surface area contributed by atoms with Crippen LogP contribution in [0.5, 0.6) is 0 Å². The van der Waals surface area contributed by atoms with E-state index in [1.54, 1.807) is 17.3 Å². The fourth-order valence-electron chi connectivity index (χ4n) is 4.12. The van der Waals surface area contributed by atoms with Crippen molar-refractivity contribution < 1.29 is 4.79 Å². The number of amides is 1. The van der Waals surface area contributed by atoms with Crippen molar-refractivity contribution in [2.45, 2.75) is 38.3 Å². The Bertz CT molecular complexity index is 1060. The molecule has 2 aliphatic rings. The Hall–Kier alpha value is -3.28. The molecule has 3 aromatic rings. The van der Waals surface area contributed by atoms with E-state index in [1.807, 2.05) is 37.5 Å². The minimum absolute atomic E-state index is 0.122. The van der Waals surface area contributed by atoms with Gasteiger partial charge in [0.05, 0.1) is 6.20 Å². The van der Waals surface area contributed by atoms with Gasteiger partial charge in [0.1, 0.15) is 11.7 Å². The second-order valence-electron chi connectivity index (χ2n) is 7.65. The Labute approximate surface area is 170 Å². The molecule has 0 saturated heterocycles. The van der Waals surface area contributed by atoms with Crippen molar-refractivity contribution in [2.75, 3.05) is 16.8 Å². The van der Waals surface area contributed by atoms with Crippen molar-refractivity contribution in [3.63, 3.8) is 0 Å². The molecule has 1 fully saturated rings. The number of anilines is 2. The van der Waals surface area contributed by atoms with Gasteiger partial charge in [-0.2, -0.15) is 0 Å². The Kier molecular flexibility index (Phi) is 4.27. The molecule has 1 aliphatic carbocycles. The highest BCUT2D eigenvalue weighted by Crippen LogP contribution is 2.42. The summed E-state index contributed by atoms with van der Waals surface area (Å²) in [4.78, 5) is 30.8. The van der Waals surface area contributed by atoms with Crippen molar-refractivity contribution in [2.24, 2.45) is 0 Å². The third-order valence-corrected chi connectivity index (χ3v) is 5.78. The zero-order chi connectivity index (χ0) is 20.0. The summed E-state index contributed by atoms with van der Waals surface area (Å²) >= 11 is 0. The number of hydrogen-bond donors (Lipinski definition) is 0. The largest absolute Gasteiger partial charge is 0.340 e. The van der Waals surface area contributed by atoms with Gasteiger partial charge in [-0.1, -0.05) is 37.3 Å². The Morgan fingerprint density at radius 3 is 2.59 bits per heavy atom. The molecule has 1 aliphatic heterocycles. The summed E-state index contributed by atoms with van der Waals surface area (Å²) in [6.45, 7) is 2.06. The van der Waals surface area contributed by atoms with Gasteiger partial charge in [-0.25, -0.2) is 9.97 Å². The van der Waals surface area contributed by atoms with Crippen molar-refractivity contribution in [3.05, 3.63) is 55.0 Å². The molecule has 3 heterocycles. The van der Waals surface area contributed by atoms with E-state index in [0.717, 1.165) is 47.5 Å². The molecule has 1 unspecified atom stereocenters. The van der Waals surface area contributed by atoms with E-state index >= 15 is 0 Å². The van der Waals surface area contributed by atoms with E-state index in [-0.39, 0.29) is 11.9 Å². The highest BCUT2D eigenvalue weighted by atomic mass is 16.2. The van der Waals surface area contributed by atoms with Crippen LogP contribution in [0.1, 0.15) is 26.2 Å². The number of fused-ring (bicyclic) bond motifs is 1. The van der Waals surface area contributed by atoms with Crippen LogP contribution in [0.2, 0.25) is 0 Å². The fourth-order valence-corrected chi connectivity index (χ4v) is 4.12. The first-order chi connectivity index (χ1) is 14.2. The van der Waals surface area contributed by atoms with Gasteiger partial charge in [-0.3, -0.25) is 9.78 Å². The van der Waals surface area contributed by atoms with E-state index in [2.05, 4.69) is 33.9 Å². The number of likely N-dealkylation sites (N-methyl/N-ethyl adjacent to an activating group) is 1. The van der Waals surface area contributed by atoms with Gasteiger partial charge in [0.25, 0.3) is 0 Å². The molecule has 1 aromatic carbocycles. The van der Waals surface area contributed by atoms with Crippen molar-refractivity contribution in [1.29, 1.82) is 0 Å². The SMILES string of the molecule is CCC1C(=O)N(C)c2cnc(-c3ccncc3-c3ccccc3)nc2N1C1CC1. The average Bonchev–Trinajstić information content (AvgIpc) is 3.61. The first-order valence-electron chi connectivity index (χ1n) is 10.1. The molecule has 1 atom stereocenters. The first kappa shape index (κ1) is 17.8. The summed E-state index contributed by atoms with van der Waals surface area (Å²) in [6.07, 6.45) is 8.40. The molecule has 1 saturated carbocycles. The normalized spacial score (nSPS) is 18.7. The third-order valence-electron chi connectivity index (χ3n) is 5.78. The maximum absolute atomic E-state index is 12.9. The van der Waals surface area contributed by atoms with Crippen LogP contribution in [0.15, 0.2) is 55.0 Å². The highest BCUT2D eigenvalue weighted by molar-refractivity contribution is 6.04. The highest BCUT2D eigenvalue weighted by Gasteiger charge is 2.44. The minimum atomic E-state index is -0.159. The van der Waals surface area contributed by atoms with E-state index < -0.39 is 0 Å². The van der Waals surface area contributed by atoms with Gasteiger partial charge in [0.15, 0.2) is 11.6 Å². The van der Waals surface area contributed by atoms with Crippen LogP contribution in [-0.4, -0.2) is 40.0 Å². The molecule has 1 amide bonds. The lowest BCUT2D eigenvalue weighted by Crippen LogP contribution is -2.53. The monoisotopic (exact) mass is 385 g/mol. The Morgan fingerprint density at radius 2 is 1.86 bits per heavy atom. The van der Waals surface area contributed by atoms with Gasteiger partial charge >= 0.3 is 0 Å². The number of hydrogen-bond acceptors (Lipinski definition) is 5. The van der Waals surface area contributed by atoms with Crippen LogP contribution in [0, 0.1) is 0 Å². The van der Waals surface area contributed by atoms with Gasteiger partial charge in [-0.05, 0) is 30.9 Å². The summed E-state index contributed by atoms with van der Waals surface area (Å²) in [7, 11) is 1.82. The topological polar surface area (TPSA) is 62.2 Å². The third kappa shape index (κ3) is 2.95. The van der Waals surface area contributed by atoms with E-state index in [9.17, 15) is 4.79 Å². The van der Waals surface area contributed by atoms with Crippen LogP contribution in [0.4, 0.5) is 11.5 Å². The lowest BCUT2D eigenvalue weighted by atomic mass is 10.0. The smallest absolute Gasteiger partial charge is 0.249 e. The van der Waals surface area contributed by atoms with Gasteiger partial charge in [-0.15, -0.1) is 0 Å². The molecule has 6 nitrogen and oxygen atoms in total. The number of aromatic nitrogens is 3. The zero-order valence-electron chi connectivity index (χ0n) is 16.6. The molecule has 0 spiro atoms. The second-order valence-corrected chi connectivity index (χ2v) is 7.65. The first-order valence-corrected chi connectivity index (χ1v) is 10.1. The molecule has 5 rings (SSSR count). The quantitative estimate of drug-likeness (QED) is 0.681. The summed E-state index contributed by atoms with van der Waals surface area (Å²) in [5, 5.41) is 0. The van der Waals surface area contributed by atoms with E-state index in [1.165, 1.54) is 0 Å². The van der Waals surface area contributed by atoms with Crippen molar-refractivity contribution in [1.82, 2.24) is 15.0 Å². The summed E-state index contributed by atoms with van der Waals surface area (Å²) in [5.41, 5.74) is 3.80. The number of carbonyl (C=O) groups excluding carboxylic acids is 1. The van der Waals surface area contributed by atoms with Crippen molar-refractivity contribution in [3.8, 4) is 22.5 Å². The lowest BCUT2D eigenvalue weighted by Gasteiger charge is -2.40. The maximum atomic E-state index is 12.9. The standard InChI is InChI=1S/C23H23N5O/c1-3-19-23(29)27(2)20-14-25-21(26-22(20)28(19)16-9-10-16)17-11-12-24-13-18(17)15-7-5-4-6-8-15/h4-8,11-14,16,19H,3,9-10H2,1-2H3. The number of pyridine rings is 1. The molecular formula is C23H23N5O. The van der Waals surface area contributed by atoms with E-state index in [0.29, 0.717) is 11.9 Å². The van der Waals surface area contributed by atoms with Crippen LogP contribution < -0.4 is 9.80 Å². The van der Waals surface area contributed by atoms with Gasteiger partial charge in [0.2, 0.25) is 5.91 Å². The maximum Gasteiger partial charge on any atom is 0.249 e. The molecule has 146 valence electrons. The van der Waals surface area contributed by atoms with Crippen LogP contribution in [-0.2, 0) is 4.79 Å².